The molecule has 2 N–H and O–H groups in total. The Balaban J connectivity index is 2.06. The monoisotopic (exact) mass is 240 g/mol. The van der Waals surface area contributed by atoms with E-state index in [4.69, 9.17) is 5.73 Å². The summed E-state index contributed by atoms with van der Waals surface area (Å²) >= 11 is 0. The van der Waals surface area contributed by atoms with Crippen molar-refractivity contribution in [2.24, 2.45) is 5.73 Å². The summed E-state index contributed by atoms with van der Waals surface area (Å²) in [7, 11) is 0. The molecule has 1 aliphatic rings. The third-order valence-electron chi connectivity index (χ3n) is 3.47. The summed E-state index contributed by atoms with van der Waals surface area (Å²) in [6, 6.07) is 9.89. The minimum absolute atomic E-state index is 0.347. The highest BCUT2D eigenvalue weighted by atomic mass is 19.3. The van der Waals surface area contributed by atoms with Crippen LogP contribution in [0.5, 0.6) is 0 Å². The molecule has 1 heterocycles. The molecule has 1 fully saturated rings. The molecule has 2 rings (SSSR count). The average Bonchev–Trinajstić information content (AvgIpc) is 2.54. The summed E-state index contributed by atoms with van der Waals surface area (Å²) in [5.41, 5.74) is 5.55. The van der Waals surface area contributed by atoms with Crippen molar-refractivity contribution in [1.29, 1.82) is 0 Å². The number of hydrogen-bond donors (Lipinski definition) is 1. The predicted octanol–water partition coefficient (Wildman–Crippen LogP) is 2.64. The molecule has 0 spiro atoms. The largest absolute Gasteiger partial charge is 0.371 e. The number of para-hydroxylation sites is 1. The number of hydrogen-bond acceptors (Lipinski definition) is 2. The Bertz CT molecular complexity index is 356. The maximum atomic E-state index is 12.9. The molecule has 0 radical (unpaired) electrons. The molecule has 4 heteroatoms. The molecule has 17 heavy (non-hydrogen) atoms. The van der Waals surface area contributed by atoms with E-state index in [2.05, 4.69) is 4.90 Å². The van der Waals surface area contributed by atoms with Crippen molar-refractivity contribution in [1.82, 2.24) is 0 Å². The lowest BCUT2D eigenvalue weighted by molar-refractivity contribution is 0.0466. The fourth-order valence-corrected chi connectivity index (χ4v) is 2.29. The van der Waals surface area contributed by atoms with Crippen LogP contribution < -0.4 is 10.6 Å². The molecule has 0 aromatic heterocycles. The van der Waals surface area contributed by atoms with Gasteiger partial charge in [0.1, 0.15) is 0 Å². The van der Waals surface area contributed by atoms with E-state index in [9.17, 15) is 8.78 Å². The lowest BCUT2D eigenvalue weighted by atomic mass is 9.92. The molecule has 0 saturated carbocycles. The van der Waals surface area contributed by atoms with Crippen molar-refractivity contribution in [2.45, 2.75) is 31.2 Å². The Morgan fingerprint density at radius 2 is 1.82 bits per heavy atom. The molecule has 2 nitrogen and oxygen atoms in total. The molecule has 1 aliphatic heterocycles. The van der Waals surface area contributed by atoms with Crippen LogP contribution in [0.2, 0.25) is 0 Å². The average molecular weight is 240 g/mol. The SMILES string of the molecule is NC1(C(F)F)CCCN(c2ccccc2)CC1. The van der Waals surface area contributed by atoms with E-state index in [1.807, 2.05) is 30.3 Å². The van der Waals surface area contributed by atoms with Crippen LogP contribution in [-0.2, 0) is 0 Å². The molecular weight excluding hydrogens is 222 g/mol. The van der Waals surface area contributed by atoms with Gasteiger partial charge < -0.3 is 10.6 Å². The summed E-state index contributed by atoms with van der Waals surface area (Å²) in [4.78, 5) is 2.14. The molecule has 0 bridgehead atoms. The smallest absolute Gasteiger partial charge is 0.256 e. The van der Waals surface area contributed by atoms with Crippen LogP contribution in [0.4, 0.5) is 14.5 Å². The topological polar surface area (TPSA) is 29.3 Å². The van der Waals surface area contributed by atoms with E-state index in [0.717, 1.165) is 18.7 Å². The van der Waals surface area contributed by atoms with Gasteiger partial charge in [0.25, 0.3) is 6.43 Å². The van der Waals surface area contributed by atoms with Gasteiger partial charge in [0.05, 0.1) is 5.54 Å². The van der Waals surface area contributed by atoms with Crippen molar-refractivity contribution >= 4 is 5.69 Å². The lowest BCUT2D eigenvalue weighted by Gasteiger charge is -2.27. The Hall–Kier alpha value is -1.16. The molecule has 0 aliphatic carbocycles. The second-order valence-corrected chi connectivity index (χ2v) is 4.71. The molecule has 94 valence electrons. The van der Waals surface area contributed by atoms with Crippen molar-refractivity contribution in [3.05, 3.63) is 30.3 Å². The number of alkyl halides is 2. The van der Waals surface area contributed by atoms with Crippen LogP contribution in [0.25, 0.3) is 0 Å². The maximum absolute atomic E-state index is 12.9. The van der Waals surface area contributed by atoms with Gasteiger partial charge in [0, 0.05) is 18.8 Å². The van der Waals surface area contributed by atoms with Gasteiger partial charge >= 0.3 is 0 Å². The van der Waals surface area contributed by atoms with E-state index in [1.54, 1.807) is 0 Å². The normalized spacial score (nSPS) is 26.0. The Morgan fingerprint density at radius 3 is 2.47 bits per heavy atom. The zero-order valence-corrected chi connectivity index (χ0v) is 9.78. The Labute approximate surface area is 100 Å². The minimum Gasteiger partial charge on any atom is -0.371 e. The molecule has 1 saturated heterocycles. The van der Waals surface area contributed by atoms with Crippen LogP contribution in [-0.4, -0.2) is 25.1 Å². The zero-order valence-electron chi connectivity index (χ0n) is 9.78. The Kier molecular flexibility index (Phi) is 3.62. The van der Waals surface area contributed by atoms with E-state index in [0.29, 0.717) is 19.4 Å². The summed E-state index contributed by atoms with van der Waals surface area (Å²) in [5.74, 6) is 0. The van der Waals surface area contributed by atoms with Crippen molar-refractivity contribution < 1.29 is 8.78 Å². The third-order valence-corrected chi connectivity index (χ3v) is 3.47. The third kappa shape index (κ3) is 2.75. The van der Waals surface area contributed by atoms with Gasteiger partial charge in [-0.1, -0.05) is 18.2 Å². The fraction of sp³-hybridized carbons (Fsp3) is 0.538. The van der Waals surface area contributed by atoms with Crippen LogP contribution in [0.3, 0.4) is 0 Å². The summed E-state index contributed by atoms with van der Waals surface area (Å²) < 4.78 is 25.7. The lowest BCUT2D eigenvalue weighted by Crippen LogP contribution is -2.47. The second kappa shape index (κ2) is 5.00. The summed E-state index contributed by atoms with van der Waals surface area (Å²) in [5, 5.41) is 0. The van der Waals surface area contributed by atoms with Gasteiger partial charge in [0.2, 0.25) is 0 Å². The number of halogens is 2. The van der Waals surface area contributed by atoms with Crippen molar-refractivity contribution in [3.63, 3.8) is 0 Å². The highest BCUT2D eigenvalue weighted by Crippen LogP contribution is 2.28. The standard InChI is InChI=1S/C13H18F2N2/c14-12(15)13(16)7-4-9-17(10-8-13)11-5-2-1-3-6-11/h1-3,5-6,12H,4,7-10,16H2. The fourth-order valence-electron chi connectivity index (χ4n) is 2.29. The van der Waals surface area contributed by atoms with Gasteiger partial charge in [-0.05, 0) is 31.4 Å². The molecule has 1 aromatic rings. The van der Waals surface area contributed by atoms with E-state index in [1.165, 1.54) is 0 Å². The van der Waals surface area contributed by atoms with Crippen LogP contribution in [0.1, 0.15) is 19.3 Å². The predicted molar refractivity (Wildman–Crippen MR) is 65.4 cm³/mol. The van der Waals surface area contributed by atoms with Gasteiger partial charge in [-0.15, -0.1) is 0 Å². The first-order valence-corrected chi connectivity index (χ1v) is 5.99. The van der Waals surface area contributed by atoms with Gasteiger partial charge in [0.15, 0.2) is 0 Å². The number of rotatable bonds is 2. The second-order valence-electron chi connectivity index (χ2n) is 4.71. The first-order chi connectivity index (χ1) is 8.12. The maximum Gasteiger partial charge on any atom is 0.256 e. The van der Waals surface area contributed by atoms with Crippen LogP contribution >= 0.6 is 0 Å². The quantitative estimate of drug-likeness (QED) is 0.861. The zero-order chi connectivity index (χ0) is 12.3. The molecule has 1 aromatic carbocycles. The molecule has 0 amide bonds. The summed E-state index contributed by atoms with van der Waals surface area (Å²) in [6.07, 6.45) is -0.971. The number of nitrogens with two attached hydrogens (primary N) is 1. The molecular formula is C13H18F2N2. The van der Waals surface area contributed by atoms with Gasteiger partial charge in [-0.2, -0.15) is 0 Å². The summed E-state index contributed by atoms with van der Waals surface area (Å²) in [6.45, 7) is 1.40. The number of benzene rings is 1. The van der Waals surface area contributed by atoms with E-state index in [-0.39, 0.29) is 0 Å². The molecule has 1 atom stereocenters. The molecule has 1 unspecified atom stereocenters. The first-order valence-electron chi connectivity index (χ1n) is 5.99. The van der Waals surface area contributed by atoms with Gasteiger partial charge in [-0.25, -0.2) is 8.78 Å². The Morgan fingerprint density at radius 1 is 1.12 bits per heavy atom. The van der Waals surface area contributed by atoms with Crippen LogP contribution in [0, 0.1) is 0 Å². The van der Waals surface area contributed by atoms with Crippen molar-refractivity contribution in [2.75, 3.05) is 18.0 Å². The highest BCUT2D eigenvalue weighted by Gasteiger charge is 2.37. The minimum atomic E-state index is -2.43. The van der Waals surface area contributed by atoms with Gasteiger partial charge in [-0.3, -0.25) is 0 Å². The van der Waals surface area contributed by atoms with Crippen molar-refractivity contribution in [3.8, 4) is 0 Å². The number of anilines is 1. The number of nitrogens with zero attached hydrogens (tertiary/aromatic N) is 1. The van der Waals surface area contributed by atoms with E-state index < -0.39 is 12.0 Å². The van der Waals surface area contributed by atoms with Crippen LogP contribution in [0.15, 0.2) is 30.3 Å². The highest BCUT2D eigenvalue weighted by molar-refractivity contribution is 5.46. The van der Waals surface area contributed by atoms with E-state index >= 15 is 0 Å². The first kappa shape index (κ1) is 12.3.